The Morgan fingerprint density at radius 3 is 2.12 bits per heavy atom. The molecule has 0 heterocycles. The zero-order chi connectivity index (χ0) is 12.7. The van der Waals surface area contributed by atoms with Crippen molar-refractivity contribution in [3.63, 3.8) is 0 Å². The van der Waals surface area contributed by atoms with Crippen LogP contribution in [-0.2, 0) is 0 Å². The number of hydrogen-bond acceptors (Lipinski definition) is 0. The third-order valence-corrected chi connectivity index (χ3v) is 3.57. The summed E-state index contributed by atoms with van der Waals surface area (Å²) in [6.07, 6.45) is 7.46. The Bertz CT molecular complexity index is 294. The molecule has 0 aliphatic heterocycles. The molecule has 0 radical (unpaired) electrons. The molecule has 96 valence electrons. The maximum absolute atomic E-state index is 12.2. The molecule has 1 aliphatic carbocycles. The number of halogens is 1. The SMILES string of the molecule is CC(C)C1CCCCC1.Cc1cccc(F)c1. The van der Waals surface area contributed by atoms with Gasteiger partial charge in [0.05, 0.1) is 0 Å². The van der Waals surface area contributed by atoms with Crippen LogP contribution < -0.4 is 0 Å². The highest BCUT2D eigenvalue weighted by Gasteiger charge is 2.15. The molecule has 0 bridgehead atoms. The summed E-state index contributed by atoms with van der Waals surface area (Å²) in [5.74, 6) is 1.83. The molecule has 0 aromatic heterocycles. The predicted molar refractivity (Wildman–Crippen MR) is 72.6 cm³/mol. The lowest BCUT2D eigenvalue weighted by Gasteiger charge is -2.24. The molecule has 0 amide bonds. The molecule has 1 fully saturated rings. The third-order valence-electron chi connectivity index (χ3n) is 3.57. The largest absolute Gasteiger partial charge is 0.207 e. The van der Waals surface area contributed by atoms with Crippen LogP contribution in [0.4, 0.5) is 4.39 Å². The van der Waals surface area contributed by atoms with E-state index >= 15 is 0 Å². The van der Waals surface area contributed by atoms with Gasteiger partial charge in [0.2, 0.25) is 0 Å². The molecular formula is C16H25F. The molecule has 1 aromatic rings. The Labute approximate surface area is 105 Å². The molecule has 0 spiro atoms. The molecule has 0 N–H and O–H groups in total. The van der Waals surface area contributed by atoms with Gasteiger partial charge in [-0.25, -0.2) is 4.39 Å². The van der Waals surface area contributed by atoms with Gasteiger partial charge in [0.1, 0.15) is 5.82 Å². The summed E-state index contributed by atoms with van der Waals surface area (Å²) in [7, 11) is 0. The number of benzene rings is 1. The smallest absolute Gasteiger partial charge is 0.123 e. The average molecular weight is 236 g/mol. The summed E-state index contributed by atoms with van der Waals surface area (Å²) < 4.78 is 12.2. The second-order valence-corrected chi connectivity index (χ2v) is 5.44. The Morgan fingerprint density at radius 2 is 1.76 bits per heavy atom. The topological polar surface area (TPSA) is 0 Å². The molecule has 1 aromatic carbocycles. The summed E-state index contributed by atoms with van der Waals surface area (Å²) >= 11 is 0. The van der Waals surface area contributed by atoms with Gasteiger partial charge in [0.25, 0.3) is 0 Å². The molecule has 2 rings (SSSR count). The van der Waals surface area contributed by atoms with Crippen molar-refractivity contribution in [3.05, 3.63) is 35.6 Å². The van der Waals surface area contributed by atoms with E-state index in [1.54, 1.807) is 6.07 Å². The predicted octanol–water partition coefficient (Wildman–Crippen LogP) is 5.36. The minimum Gasteiger partial charge on any atom is -0.207 e. The summed E-state index contributed by atoms with van der Waals surface area (Å²) in [6.45, 7) is 6.58. The van der Waals surface area contributed by atoms with Crippen LogP contribution in [0.3, 0.4) is 0 Å². The highest BCUT2D eigenvalue weighted by molar-refractivity contribution is 5.13. The van der Waals surface area contributed by atoms with Crippen molar-refractivity contribution in [2.24, 2.45) is 11.8 Å². The van der Waals surface area contributed by atoms with E-state index in [1.807, 2.05) is 13.0 Å². The van der Waals surface area contributed by atoms with Crippen molar-refractivity contribution >= 4 is 0 Å². The molecule has 0 saturated heterocycles. The van der Waals surface area contributed by atoms with Gasteiger partial charge in [-0.1, -0.05) is 58.1 Å². The molecule has 17 heavy (non-hydrogen) atoms. The van der Waals surface area contributed by atoms with Crippen molar-refractivity contribution in [2.75, 3.05) is 0 Å². The van der Waals surface area contributed by atoms with Crippen molar-refractivity contribution < 1.29 is 4.39 Å². The zero-order valence-electron chi connectivity index (χ0n) is 11.4. The first-order chi connectivity index (χ1) is 8.09. The monoisotopic (exact) mass is 236 g/mol. The van der Waals surface area contributed by atoms with Gasteiger partial charge in [-0.3, -0.25) is 0 Å². The van der Waals surface area contributed by atoms with Gasteiger partial charge in [-0.2, -0.15) is 0 Å². The summed E-state index contributed by atoms with van der Waals surface area (Å²) in [4.78, 5) is 0. The lowest BCUT2D eigenvalue weighted by molar-refractivity contribution is 0.279. The average Bonchev–Trinajstić information content (AvgIpc) is 2.30. The first-order valence-electron chi connectivity index (χ1n) is 6.81. The van der Waals surface area contributed by atoms with Crippen molar-refractivity contribution in [1.82, 2.24) is 0 Å². The maximum atomic E-state index is 12.2. The molecule has 1 aliphatic rings. The van der Waals surface area contributed by atoms with Gasteiger partial charge in [-0.05, 0) is 36.5 Å². The van der Waals surface area contributed by atoms with Crippen LogP contribution in [0, 0.1) is 24.6 Å². The van der Waals surface area contributed by atoms with Crippen molar-refractivity contribution in [3.8, 4) is 0 Å². The zero-order valence-corrected chi connectivity index (χ0v) is 11.4. The normalized spacial score (nSPS) is 16.5. The number of hydrogen-bond donors (Lipinski definition) is 0. The third kappa shape index (κ3) is 5.86. The number of rotatable bonds is 1. The van der Waals surface area contributed by atoms with Gasteiger partial charge >= 0.3 is 0 Å². The van der Waals surface area contributed by atoms with Crippen LogP contribution in [0.1, 0.15) is 51.5 Å². The molecule has 0 atom stereocenters. The Balaban J connectivity index is 0.000000171. The number of aryl methyl sites for hydroxylation is 1. The van der Waals surface area contributed by atoms with E-state index in [0.717, 1.165) is 17.4 Å². The minimum absolute atomic E-state index is 0.162. The van der Waals surface area contributed by atoms with Crippen LogP contribution in [0.2, 0.25) is 0 Å². The van der Waals surface area contributed by atoms with E-state index in [1.165, 1.54) is 44.2 Å². The van der Waals surface area contributed by atoms with Crippen LogP contribution in [0.25, 0.3) is 0 Å². The molecular weight excluding hydrogens is 211 g/mol. The molecule has 0 unspecified atom stereocenters. The van der Waals surface area contributed by atoms with Crippen LogP contribution in [0.15, 0.2) is 24.3 Å². The van der Waals surface area contributed by atoms with E-state index in [-0.39, 0.29) is 5.82 Å². The van der Waals surface area contributed by atoms with E-state index in [2.05, 4.69) is 13.8 Å². The first kappa shape index (κ1) is 14.2. The highest BCUT2D eigenvalue weighted by Crippen LogP contribution is 2.29. The van der Waals surface area contributed by atoms with Gasteiger partial charge in [-0.15, -0.1) is 0 Å². The quantitative estimate of drug-likeness (QED) is 0.616. The van der Waals surface area contributed by atoms with Crippen LogP contribution >= 0.6 is 0 Å². The van der Waals surface area contributed by atoms with Gasteiger partial charge in [0, 0.05) is 0 Å². The molecule has 1 heteroatoms. The van der Waals surface area contributed by atoms with Crippen molar-refractivity contribution in [2.45, 2.75) is 52.9 Å². The highest BCUT2D eigenvalue weighted by atomic mass is 19.1. The van der Waals surface area contributed by atoms with E-state index in [9.17, 15) is 4.39 Å². The fraction of sp³-hybridized carbons (Fsp3) is 0.625. The maximum Gasteiger partial charge on any atom is 0.123 e. The van der Waals surface area contributed by atoms with E-state index in [4.69, 9.17) is 0 Å². The second-order valence-electron chi connectivity index (χ2n) is 5.44. The Morgan fingerprint density at radius 1 is 1.12 bits per heavy atom. The van der Waals surface area contributed by atoms with Gasteiger partial charge in [0.15, 0.2) is 0 Å². The Hall–Kier alpha value is -0.850. The lowest BCUT2D eigenvalue weighted by atomic mass is 9.82. The minimum atomic E-state index is -0.162. The standard InChI is InChI=1S/C9H18.C7H7F/c1-8(2)9-6-4-3-5-7-9;1-6-3-2-4-7(8)5-6/h8-9H,3-7H2,1-2H3;2-5H,1H3. The Kier molecular flexibility index (Phi) is 6.25. The fourth-order valence-corrected chi connectivity index (χ4v) is 2.41. The second kappa shape index (κ2) is 7.47. The van der Waals surface area contributed by atoms with E-state index < -0.39 is 0 Å². The van der Waals surface area contributed by atoms with Gasteiger partial charge < -0.3 is 0 Å². The summed E-state index contributed by atoms with van der Waals surface area (Å²) in [5.41, 5.74) is 0.963. The summed E-state index contributed by atoms with van der Waals surface area (Å²) in [6, 6.07) is 6.50. The van der Waals surface area contributed by atoms with Crippen LogP contribution in [0.5, 0.6) is 0 Å². The molecule has 0 nitrogen and oxygen atoms in total. The van der Waals surface area contributed by atoms with E-state index in [0.29, 0.717) is 0 Å². The fourth-order valence-electron chi connectivity index (χ4n) is 2.41. The lowest BCUT2D eigenvalue weighted by Crippen LogP contribution is -2.12. The first-order valence-corrected chi connectivity index (χ1v) is 6.81. The summed E-state index contributed by atoms with van der Waals surface area (Å²) in [5, 5.41) is 0. The van der Waals surface area contributed by atoms with Crippen LogP contribution in [-0.4, -0.2) is 0 Å². The van der Waals surface area contributed by atoms with Crippen molar-refractivity contribution in [1.29, 1.82) is 0 Å². The molecule has 1 saturated carbocycles.